The summed E-state index contributed by atoms with van der Waals surface area (Å²) in [5.41, 5.74) is 3.16. The molecule has 3 heterocycles. The SMILES string of the molecule is CCn1c(=S)[nH]c2cc3c(N4CCCCC4)ncnc3cc21. The van der Waals surface area contributed by atoms with Crippen LogP contribution in [0.1, 0.15) is 26.2 Å². The van der Waals surface area contributed by atoms with Crippen molar-refractivity contribution in [3.8, 4) is 0 Å². The fraction of sp³-hybridized carbons (Fsp3) is 0.438. The lowest BCUT2D eigenvalue weighted by molar-refractivity contribution is 0.574. The Morgan fingerprint density at radius 2 is 2.00 bits per heavy atom. The maximum absolute atomic E-state index is 5.41. The number of anilines is 1. The number of rotatable bonds is 2. The van der Waals surface area contributed by atoms with Gasteiger partial charge in [-0.3, -0.25) is 0 Å². The molecule has 1 fully saturated rings. The van der Waals surface area contributed by atoms with E-state index in [1.165, 1.54) is 19.3 Å². The highest BCUT2D eigenvalue weighted by atomic mass is 32.1. The summed E-state index contributed by atoms with van der Waals surface area (Å²) in [5.74, 6) is 1.05. The molecule has 6 heteroatoms. The molecule has 5 nitrogen and oxygen atoms in total. The van der Waals surface area contributed by atoms with Crippen LogP contribution in [0.15, 0.2) is 18.5 Å². The van der Waals surface area contributed by atoms with Gasteiger partial charge in [0.25, 0.3) is 0 Å². The van der Waals surface area contributed by atoms with Gasteiger partial charge in [-0.15, -0.1) is 0 Å². The van der Waals surface area contributed by atoms with Crippen molar-refractivity contribution in [1.82, 2.24) is 19.5 Å². The van der Waals surface area contributed by atoms with Gasteiger partial charge in [-0.1, -0.05) is 0 Å². The monoisotopic (exact) mass is 313 g/mol. The van der Waals surface area contributed by atoms with Crippen molar-refractivity contribution in [3.63, 3.8) is 0 Å². The van der Waals surface area contributed by atoms with Crippen LogP contribution >= 0.6 is 12.2 Å². The lowest BCUT2D eigenvalue weighted by atomic mass is 10.1. The number of benzene rings is 1. The number of hydrogen-bond acceptors (Lipinski definition) is 4. The number of fused-ring (bicyclic) bond motifs is 2. The molecule has 114 valence electrons. The molecule has 1 aliphatic rings. The Hall–Kier alpha value is -1.95. The second kappa shape index (κ2) is 5.35. The van der Waals surface area contributed by atoms with E-state index in [2.05, 4.69) is 43.5 Å². The van der Waals surface area contributed by atoms with Gasteiger partial charge in [0, 0.05) is 25.0 Å². The van der Waals surface area contributed by atoms with Gasteiger partial charge in [0.2, 0.25) is 0 Å². The van der Waals surface area contributed by atoms with E-state index in [0.29, 0.717) is 0 Å². The van der Waals surface area contributed by atoms with Crippen molar-refractivity contribution in [2.45, 2.75) is 32.7 Å². The summed E-state index contributed by atoms with van der Waals surface area (Å²) in [7, 11) is 0. The lowest BCUT2D eigenvalue weighted by Crippen LogP contribution is -2.30. The number of piperidine rings is 1. The van der Waals surface area contributed by atoms with E-state index >= 15 is 0 Å². The second-order valence-electron chi connectivity index (χ2n) is 5.81. The highest BCUT2D eigenvalue weighted by Crippen LogP contribution is 2.29. The summed E-state index contributed by atoms with van der Waals surface area (Å²) < 4.78 is 2.87. The van der Waals surface area contributed by atoms with Gasteiger partial charge < -0.3 is 14.5 Å². The fourth-order valence-electron chi connectivity index (χ4n) is 3.37. The largest absolute Gasteiger partial charge is 0.356 e. The standard InChI is InChI=1S/C16H19N5S/c1-2-21-14-9-12-11(8-13(14)19-16(21)22)15(18-10-17-12)20-6-4-3-5-7-20/h8-10H,2-7H2,1H3,(H,19,22). The van der Waals surface area contributed by atoms with Gasteiger partial charge >= 0.3 is 0 Å². The Bertz CT molecular complexity index is 889. The molecule has 2 aromatic heterocycles. The first-order chi connectivity index (χ1) is 10.8. The molecule has 0 unspecified atom stereocenters. The van der Waals surface area contributed by atoms with E-state index in [4.69, 9.17) is 12.2 Å². The van der Waals surface area contributed by atoms with Crippen molar-refractivity contribution in [2.24, 2.45) is 0 Å². The number of aromatic amines is 1. The summed E-state index contributed by atoms with van der Waals surface area (Å²) in [5, 5.41) is 1.11. The number of nitrogens with zero attached hydrogens (tertiary/aromatic N) is 4. The van der Waals surface area contributed by atoms with Gasteiger partial charge in [0.15, 0.2) is 4.77 Å². The zero-order valence-electron chi connectivity index (χ0n) is 12.7. The summed E-state index contributed by atoms with van der Waals surface area (Å²) in [6, 6.07) is 4.27. The van der Waals surface area contributed by atoms with Crippen molar-refractivity contribution in [1.29, 1.82) is 0 Å². The Labute approximate surface area is 134 Å². The molecule has 3 aromatic rings. The van der Waals surface area contributed by atoms with Crippen molar-refractivity contribution < 1.29 is 0 Å². The van der Waals surface area contributed by atoms with E-state index in [1.807, 2.05) is 0 Å². The summed E-state index contributed by atoms with van der Waals surface area (Å²) in [4.78, 5) is 14.7. The fourth-order valence-corrected chi connectivity index (χ4v) is 3.70. The molecular formula is C16H19N5S. The van der Waals surface area contributed by atoms with Gasteiger partial charge in [0.05, 0.1) is 16.6 Å². The minimum Gasteiger partial charge on any atom is -0.356 e. The normalized spacial score (nSPS) is 15.8. The van der Waals surface area contributed by atoms with Crippen LogP contribution in [-0.2, 0) is 6.54 Å². The third-order valence-corrected chi connectivity index (χ3v) is 4.80. The van der Waals surface area contributed by atoms with Gasteiger partial charge in [0.1, 0.15) is 12.1 Å². The Morgan fingerprint density at radius 1 is 1.18 bits per heavy atom. The van der Waals surface area contributed by atoms with Crippen LogP contribution in [0, 0.1) is 4.77 Å². The van der Waals surface area contributed by atoms with Crippen LogP contribution in [0.2, 0.25) is 0 Å². The smallest absolute Gasteiger partial charge is 0.178 e. The first-order valence-electron chi connectivity index (χ1n) is 7.90. The molecule has 1 N–H and O–H groups in total. The van der Waals surface area contributed by atoms with E-state index in [9.17, 15) is 0 Å². The number of imidazole rings is 1. The van der Waals surface area contributed by atoms with E-state index in [-0.39, 0.29) is 0 Å². The maximum Gasteiger partial charge on any atom is 0.178 e. The molecule has 0 spiro atoms. The highest BCUT2D eigenvalue weighted by molar-refractivity contribution is 7.71. The average molecular weight is 313 g/mol. The molecule has 0 saturated carbocycles. The minimum atomic E-state index is 0.764. The molecular weight excluding hydrogens is 294 g/mol. The lowest BCUT2D eigenvalue weighted by Gasteiger charge is -2.28. The zero-order valence-corrected chi connectivity index (χ0v) is 13.5. The van der Waals surface area contributed by atoms with E-state index in [1.54, 1.807) is 6.33 Å². The molecule has 22 heavy (non-hydrogen) atoms. The molecule has 0 radical (unpaired) electrons. The van der Waals surface area contributed by atoms with Gasteiger partial charge in [-0.25, -0.2) is 9.97 Å². The van der Waals surface area contributed by atoms with Crippen LogP contribution in [0.5, 0.6) is 0 Å². The van der Waals surface area contributed by atoms with Crippen molar-refractivity contribution in [3.05, 3.63) is 23.2 Å². The topological polar surface area (TPSA) is 49.7 Å². The van der Waals surface area contributed by atoms with Crippen LogP contribution in [0.3, 0.4) is 0 Å². The molecule has 0 aliphatic carbocycles. The Balaban J connectivity index is 1.96. The summed E-state index contributed by atoms with van der Waals surface area (Å²) in [6.45, 7) is 5.12. The number of nitrogens with one attached hydrogen (secondary N) is 1. The van der Waals surface area contributed by atoms with Crippen LogP contribution < -0.4 is 4.90 Å². The third kappa shape index (κ3) is 2.09. The van der Waals surface area contributed by atoms with Crippen molar-refractivity contribution >= 4 is 40.0 Å². The second-order valence-corrected chi connectivity index (χ2v) is 6.19. The third-order valence-electron chi connectivity index (χ3n) is 4.48. The van der Waals surface area contributed by atoms with Crippen molar-refractivity contribution in [2.75, 3.05) is 18.0 Å². The molecule has 1 aromatic carbocycles. The quantitative estimate of drug-likeness (QED) is 0.734. The molecule has 0 amide bonds. The van der Waals surface area contributed by atoms with E-state index in [0.717, 1.165) is 52.2 Å². The molecule has 0 atom stereocenters. The van der Waals surface area contributed by atoms with Crippen LogP contribution in [0.25, 0.3) is 21.9 Å². The van der Waals surface area contributed by atoms with Crippen LogP contribution in [-0.4, -0.2) is 32.6 Å². The molecule has 1 aliphatic heterocycles. The highest BCUT2D eigenvalue weighted by Gasteiger charge is 2.16. The van der Waals surface area contributed by atoms with Gasteiger partial charge in [-0.2, -0.15) is 0 Å². The first-order valence-corrected chi connectivity index (χ1v) is 8.31. The van der Waals surface area contributed by atoms with Gasteiger partial charge in [-0.05, 0) is 50.5 Å². The predicted octanol–water partition coefficient (Wildman–Crippen LogP) is 3.65. The number of aryl methyl sites for hydroxylation is 1. The Kier molecular flexibility index (Phi) is 3.33. The zero-order chi connectivity index (χ0) is 15.1. The number of aromatic nitrogens is 4. The van der Waals surface area contributed by atoms with E-state index < -0.39 is 0 Å². The van der Waals surface area contributed by atoms with Crippen LogP contribution in [0.4, 0.5) is 5.82 Å². The predicted molar refractivity (Wildman–Crippen MR) is 92.0 cm³/mol. The minimum absolute atomic E-state index is 0.764. The molecule has 4 rings (SSSR count). The average Bonchev–Trinajstić information content (AvgIpc) is 2.87. The number of H-pyrrole nitrogens is 1. The number of hydrogen-bond donors (Lipinski definition) is 1. The maximum atomic E-state index is 5.41. The first kappa shape index (κ1) is 13.7. The molecule has 1 saturated heterocycles. The summed E-state index contributed by atoms with van der Waals surface area (Å²) >= 11 is 5.41. The summed E-state index contributed by atoms with van der Waals surface area (Å²) in [6.07, 6.45) is 5.47. The molecule has 0 bridgehead atoms. The Morgan fingerprint density at radius 3 is 2.77 bits per heavy atom.